The van der Waals surface area contributed by atoms with E-state index in [1.54, 1.807) is 0 Å². The van der Waals surface area contributed by atoms with E-state index in [4.69, 9.17) is 10.5 Å². The summed E-state index contributed by atoms with van der Waals surface area (Å²) in [5, 5.41) is 0. The van der Waals surface area contributed by atoms with Crippen molar-refractivity contribution in [1.82, 2.24) is 4.90 Å². The minimum Gasteiger partial charge on any atom is -0.375 e. The molecule has 0 bridgehead atoms. The molecule has 20 heavy (non-hydrogen) atoms. The van der Waals surface area contributed by atoms with Crippen LogP contribution < -0.4 is 5.73 Å². The van der Waals surface area contributed by atoms with Crippen LogP contribution in [0.1, 0.15) is 58.8 Å². The van der Waals surface area contributed by atoms with Crippen LogP contribution in [0.5, 0.6) is 0 Å². The molecule has 0 amide bonds. The van der Waals surface area contributed by atoms with Crippen LogP contribution in [0.3, 0.4) is 0 Å². The Morgan fingerprint density at radius 1 is 1.20 bits per heavy atom. The smallest absolute Gasteiger partial charge is 0.0730 e. The number of fused-ring (bicyclic) bond motifs is 1. The van der Waals surface area contributed by atoms with Crippen molar-refractivity contribution in [1.29, 1.82) is 0 Å². The minimum absolute atomic E-state index is 0.530. The van der Waals surface area contributed by atoms with Crippen LogP contribution in [0.2, 0.25) is 0 Å². The van der Waals surface area contributed by atoms with Gasteiger partial charge < -0.3 is 10.5 Å². The average molecular weight is 282 g/mol. The second-order valence-electron chi connectivity index (χ2n) is 7.02. The highest BCUT2D eigenvalue weighted by Crippen LogP contribution is 2.29. The van der Waals surface area contributed by atoms with Crippen LogP contribution in [0.25, 0.3) is 0 Å². The van der Waals surface area contributed by atoms with E-state index in [9.17, 15) is 0 Å². The number of hydrogen-bond donors (Lipinski definition) is 1. The number of rotatable bonds is 7. The van der Waals surface area contributed by atoms with Crippen molar-refractivity contribution in [3.8, 4) is 0 Å². The van der Waals surface area contributed by atoms with Crippen molar-refractivity contribution in [2.45, 2.75) is 70.9 Å². The Kier molecular flexibility index (Phi) is 6.79. The first kappa shape index (κ1) is 16.3. The third-order valence-corrected chi connectivity index (χ3v) is 5.35. The fraction of sp³-hybridized carbons (Fsp3) is 1.00. The molecule has 1 heterocycles. The molecule has 3 heteroatoms. The van der Waals surface area contributed by atoms with E-state index >= 15 is 0 Å². The maximum atomic E-state index is 5.96. The molecular formula is C17H34N2O. The predicted octanol–water partition coefficient (Wildman–Crippen LogP) is 3.03. The van der Waals surface area contributed by atoms with Crippen molar-refractivity contribution >= 4 is 0 Å². The van der Waals surface area contributed by atoms with Gasteiger partial charge in [-0.2, -0.15) is 0 Å². The van der Waals surface area contributed by atoms with Crippen molar-refractivity contribution in [3.05, 3.63) is 0 Å². The number of ether oxygens (including phenoxy) is 1. The molecule has 1 saturated heterocycles. The molecule has 2 fully saturated rings. The normalized spacial score (nSPS) is 29.4. The van der Waals surface area contributed by atoms with Gasteiger partial charge in [0.15, 0.2) is 0 Å². The summed E-state index contributed by atoms with van der Waals surface area (Å²) >= 11 is 0. The van der Waals surface area contributed by atoms with Gasteiger partial charge in [-0.25, -0.2) is 0 Å². The molecule has 0 aromatic heterocycles. The maximum Gasteiger partial charge on any atom is 0.0730 e. The van der Waals surface area contributed by atoms with Crippen LogP contribution in [0, 0.1) is 11.8 Å². The lowest BCUT2D eigenvalue weighted by atomic mass is 9.87. The highest BCUT2D eigenvalue weighted by Gasteiger charge is 2.33. The van der Waals surface area contributed by atoms with E-state index < -0.39 is 0 Å². The van der Waals surface area contributed by atoms with Crippen LogP contribution >= 0.6 is 0 Å². The Balaban J connectivity index is 1.74. The summed E-state index contributed by atoms with van der Waals surface area (Å²) in [5.41, 5.74) is 5.74. The third kappa shape index (κ3) is 4.44. The second kappa shape index (κ2) is 8.35. The van der Waals surface area contributed by atoms with E-state index in [0.717, 1.165) is 31.5 Å². The molecule has 1 saturated carbocycles. The number of nitrogens with zero attached hydrogens (tertiary/aromatic N) is 1. The highest BCUT2D eigenvalue weighted by molar-refractivity contribution is 4.87. The predicted molar refractivity (Wildman–Crippen MR) is 84.8 cm³/mol. The topological polar surface area (TPSA) is 38.5 Å². The van der Waals surface area contributed by atoms with Crippen LogP contribution in [0.15, 0.2) is 0 Å². The van der Waals surface area contributed by atoms with Gasteiger partial charge >= 0.3 is 0 Å². The van der Waals surface area contributed by atoms with E-state index in [0.29, 0.717) is 12.1 Å². The van der Waals surface area contributed by atoms with Gasteiger partial charge in [0, 0.05) is 12.6 Å². The molecule has 3 nitrogen and oxygen atoms in total. The fourth-order valence-corrected chi connectivity index (χ4v) is 4.04. The first-order chi connectivity index (χ1) is 9.72. The van der Waals surface area contributed by atoms with E-state index in [1.165, 1.54) is 51.5 Å². The maximum absolute atomic E-state index is 5.96. The summed E-state index contributed by atoms with van der Waals surface area (Å²) in [4.78, 5) is 2.72. The molecule has 0 aromatic carbocycles. The van der Waals surface area contributed by atoms with Crippen LogP contribution in [-0.2, 0) is 4.74 Å². The van der Waals surface area contributed by atoms with E-state index in [-0.39, 0.29) is 0 Å². The van der Waals surface area contributed by atoms with Gasteiger partial charge in [0.1, 0.15) is 0 Å². The SMILES string of the molecule is CC(C)C(CCN)CCCN1CCOC2CCCCC21. The molecular weight excluding hydrogens is 248 g/mol. The summed E-state index contributed by atoms with van der Waals surface area (Å²) < 4.78 is 5.96. The molecule has 2 rings (SSSR count). The largest absolute Gasteiger partial charge is 0.375 e. The third-order valence-electron chi connectivity index (χ3n) is 5.35. The Morgan fingerprint density at radius 2 is 2.00 bits per heavy atom. The quantitative estimate of drug-likeness (QED) is 0.780. The first-order valence-electron chi connectivity index (χ1n) is 8.78. The van der Waals surface area contributed by atoms with Gasteiger partial charge in [-0.15, -0.1) is 0 Å². The molecule has 1 aliphatic carbocycles. The lowest BCUT2D eigenvalue weighted by Crippen LogP contribution is -2.52. The first-order valence-corrected chi connectivity index (χ1v) is 8.78. The molecule has 2 aliphatic rings. The van der Waals surface area contributed by atoms with Gasteiger partial charge in [-0.05, 0) is 57.0 Å². The van der Waals surface area contributed by atoms with Crippen LogP contribution in [-0.4, -0.2) is 43.3 Å². The van der Waals surface area contributed by atoms with E-state index in [2.05, 4.69) is 18.7 Å². The Bertz CT molecular complexity index is 268. The standard InChI is InChI=1S/C17H34N2O/c1-14(2)15(9-10-18)6-5-11-19-12-13-20-17-8-4-3-7-16(17)19/h14-17H,3-13,18H2,1-2H3. The van der Waals surface area contributed by atoms with Gasteiger partial charge in [0.2, 0.25) is 0 Å². The molecule has 118 valence electrons. The number of nitrogens with two attached hydrogens (primary N) is 1. The second-order valence-corrected chi connectivity index (χ2v) is 7.02. The number of morpholine rings is 1. The lowest BCUT2D eigenvalue weighted by Gasteiger charge is -2.44. The van der Waals surface area contributed by atoms with E-state index in [1.807, 2.05) is 0 Å². The zero-order chi connectivity index (χ0) is 14.4. The summed E-state index contributed by atoms with van der Waals surface area (Å²) in [7, 11) is 0. The molecule has 0 spiro atoms. The zero-order valence-electron chi connectivity index (χ0n) is 13.5. The summed E-state index contributed by atoms with van der Waals surface area (Å²) in [6.07, 6.45) is 9.76. The van der Waals surface area contributed by atoms with Crippen LogP contribution in [0.4, 0.5) is 0 Å². The molecule has 1 aliphatic heterocycles. The molecule has 2 N–H and O–H groups in total. The Labute approximate surface area is 125 Å². The Hall–Kier alpha value is -0.120. The molecule has 0 radical (unpaired) electrons. The monoisotopic (exact) mass is 282 g/mol. The lowest BCUT2D eigenvalue weighted by molar-refractivity contribution is -0.0885. The number of hydrogen-bond acceptors (Lipinski definition) is 3. The molecule has 3 atom stereocenters. The van der Waals surface area contributed by atoms with Crippen molar-refractivity contribution in [2.75, 3.05) is 26.2 Å². The van der Waals surface area contributed by atoms with Crippen molar-refractivity contribution in [3.63, 3.8) is 0 Å². The highest BCUT2D eigenvalue weighted by atomic mass is 16.5. The van der Waals surface area contributed by atoms with Gasteiger partial charge in [0.05, 0.1) is 12.7 Å². The summed E-state index contributed by atoms with van der Waals surface area (Å²) in [6.45, 7) is 8.86. The zero-order valence-corrected chi connectivity index (χ0v) is 13.5. The fourth-order valence-electron chi connectivity index (χ4n) is 4.04. The van der Waals surface area contributed by atoms with Crippen molar-refractivity contribution < 1.29 is 4.74 Å². The summed E-state index contributed by atoms with van der Waals surface area (Å²) in [5.74, 6) is 1.58. The Morgan fingerprint density at radius 3 is 2.75 bits per heavy atom. The van der Waals surface area contributed by atoms with Gasteiger partial charge in [-0.1, -0.05) is 26.7 Å². The van der Waals surface area contributed by atoms with Gasteiger partial charge in [0.25, 0.3) is 0 Å². The molecule has 0 aromatic rings. The molecule has 3 unspecified atom stereocenters. The van der Waals surface area contributed by atoms with Crippen molar-refractivity contribution in [2.24, 2.45) is 17.6 Å². The van der Waals surface area contributed by atoms with Gasteiger partial charge in [-0.3, -0.25) is 4.90 Å². The average Bonchev–Trinajstić information content (AvgIpc) is 2.46. The summed E-state index contributed by atoms with van der Waals surface area (Å²) in [6, 6.07) is 0.713. The minimum atomic E-state index is 0.530.